The van der Waals surface area contributed by atoms with Crippen molar-refractivity contribution in [2.75, 3.05) is 27.1 Å². The van der Waals surface area contributed by atoms with Gasteiger partial charge in [-0.3, -0.25) is 4.79 Å². The molecule has 8 heteroatoms. The molecular formula is C37H37N3O4S. The van der Waals surface area contributed by atoms with Crippen LogP contribution in [0.25, 0.3) is 10.9 Å². The minimum Gasteiger partial charge on any atom is -0.497 e. The molecule has 6 rings (SSSR count). The van der Waals surface area contributed by atoms with Gasteiger partial charge in [-0.2, -0.15) is 5.10 Å². The molecule has 1 aliphatic heterocycles. The van der Waals surface area contributed by atoms with Crippen LogP contribution in [0, 0.1) is 13.8 Å². The molecule has 0 aliphatic carbocycles. The fraction of sp³-hybridized carbons (Fsp3) is 0.243. The Morgan fingerprint density at radius 1 is 0.911 bits per heavy atom. The van der Waals surface area contributed by atoms with Gasteiger partial charge in [-0.15, -0.1) is 11.8 Å². The highest BCUT2D eigenvalue weighted by Gasteiger charge is 2.35. The molecule has 1 unspecified atom stereocenters. The van der Waals surface area contributed by atoms with Gasteiger partial charge in [-0.25, -0.2) is 5.01 Å². The normalized spacial score (nSPS) is 14.5. The van der Waals surface area contributed by atoms with Crippen LogP contribution in [0.4, 0.5) is 0 Å². The lowest BCUT2D eigenvalue weighted by Gasteiger charge is -2.24. The Kier molecular flexibility index (Phi) is 8.85. The van der Waals surface area contributed by atoms with E-state index in [1.54, 1.807) is 38.1 Å². The standard InChI is InChI=1S/C37H37N3O4S/c1-24-13-14-25(2)27(19-24)21-39-22-35(29-9-6-7-11-32(29)39)45-23-36(41)40-33(30-10-8-12-34(43-4)37(30)44-5)20-31(38-40)26-15-17-28(42-3)18-16-26/h6-19,22,33H,20-21,23H2,1-5H3. The Labute approximate surface area is 268 Å². The van der Waals surface area contributed by atoms with Gasteiger partial charge in [0.15, 0.2) is 11.5 Å². The molecule has 230 valence electrons. The van der Waals surface area contributed by atoms with Crippen LogP contribution < -0.4 is 14.2 Å². The number of rotatable bonds is 10. The van der Waals surface area contributed by atoms with Gasteiger partial charge in [0.2, 0.25) is 0 Å². The number of carbonyl (C=O) groups excluding carboxylic acids is 1. The van der Waals surface area contributed by atoms with E-state index in [2.05, 4.69) is 61.0 Å². The molecule has 0 fully saturated rings. The Morgan fingerprint density at radius 3 is 2.47 bits per heavy atom. The average Bonchev–Trinajstić information content (AvgIpc) is 3.67. The van der Waals surface area contributed by atoms with Crippen molar-refractivity contribution < 1.29 is 19.0 Å². The molecule has 0 N–H and O–H groups in total. The molecule has 1 atom stereocenters. The van der Waals surface area contributed by atoms with Crippen LogP contribution in [-0.2, 0) is 11.3 Å². The number of fused-ring (bicyclic) bond motifs is 1. The van der Waals surface area contributed by atoms with Gasteiger partial charge in [-0.05, 0) is 66.9 Å². The zero-order valence-electron chi connectivity index (χ0n) is 26.2. The topological polar surface area (TPSA) is 65.3 Å². The maximum Gasteiger partial charge on any atom is 0.253 e. The van der Waals surface area contributed by atoms with E-state index in [9.17, 15) is 4.79 Å². The zero-order chi connectivity index (χ0) is 31.5. The first-order valence-electron chi connectivity index (χ1n) is 14.9. The lowest BCUT2D eigenvalue weighted by atomic mass is 9.97. The third kappa shape index (κ3) is 6.15. The number of amides is 1. The van der Waals surface area contributed by atoms with E-state index in [-0.39, 0.29) is 17.7 Å². The molecule has 5 aromatic rings. The number of ether oxygens (including phenoxy) is 3. The van der Waals surface area contributed by atoms with Crippen molar-refractivity contribution in [3.05, 3.63) is 119 Å². The predicted octanol–water partition coefficient (Wildman–Crippen LogP) is 7.80. The van der Waals surface area contributed by atoms with Gasteiger partial charge in [0.05, 0.1) is 38.8 Å². The number of hydrogen-bond acceptors (Lipinski definition) is 6. The van der Waals surface area contributed by atoms with Crippen LogP contribution in [0.1, 0.15) is 40.3 Å². The van der Waals surface area contributed by atoms with E-state index in [0.717, 1.165) is 44.9 Å². The van der Waals surface area contributed by atoms with Gasteiger partial charge >= 0.3 is 0 Å². The second kappa shape index (κ2) is 13.1. The maximum atomic E-state index is 14.0. The lowest BCUT2D eigenvalue weighted by Crippen LogP contribution is -2.28. The number of para-hydroxylation sites is 2. The molecule has 7 nitrogen and oxygen atoms in total. The molecule has 0 saturated carbocycles. The van der Waals surface area contributed by atoms with Crippen molar-refractivity contribution in [1.82, 2.24) is 9.58 Å². The number of aryl methyl sites for hydroxylation is 2. The zero-order valence-corrected chi connectivity index (χ0v) is 27.1. The fourth-order valence-electron chi connectivity index (χ4n) is 5.93. The number of methoxy groups -OCH3 is 3. The highest BCUT2D eigenvalue weighted by molar-refractivity contribution is 8.00. The molecule has 0 saturated heterocycles. The summed E-state index contributed by atoms with van der Waals surface area (Å²) in [6.07, 6.45) is 2.71. The van der Waals surface area contributed by atoms with Gasteiger partial charge in [0.1, 0.15) is 5.75 Å². The highest BCUT2D eigenvalue weighted by atomic mass is 32.2. The molecule has 1 aromatic heterocycles. The Bertz CT molecular complexity index is 1880. The van der Waals surface area contributed by atoms with Crippen LogP contribution in [-0.4, -0.2) is 48.3 Å². The maximum absolute atomic E-state index is 14.0. The van der Waals surface area contributed by atoms with Crippen LogP contribution in [0.5, 0.6) is 17.2 Å². The van der Waals surface area contributed by atoms with Crippen molar-refractivity contribution in [3.8, 4) is 17.2 Å². The third-order valence-corrected chi connectivity index (χ3v) is 9.36. The van der Waals surface area contributed by atoms with Crippen molar-refractivity contribution in [2.24, 2.45) is 5.10 Å². The van der Waals surface area contributed by atoms with Crippen molar-refractivity contribution in [3.63, 3.8) is 0 Å². The summed E-state index contributed by atoms with van der Waals surface area (Å²) in [4.78, 5) is 15.1. The first kappa shape index (κ1) is 30.3. The Hall–Kier alpha value is -4.69. The van der Waals surface area contributed by atoms with Crippen molar-refractivity contribution in [1.29, 1.82) is 0 Å². The average molecular weight is 620 g/mol. The van der Waals surface area contributed by atoms with Gasteiger partial charge < -0.3 is 18.8 Å². The minimum absolute atomic E-state index is 0.0789. The summed E-state index contributed by atoms with van der Waals surface area (Å²) in [7, 11) is 4.88. The fourth-order valence-corrected chi connectivity index (χ4v) is 6.87. The molecule has 0 bridgehead atoms. The van der Waals surface area contributed by atoms with Crippen LogP contribution in [0.3, 0.4) is 0 Å². The number of hydrogen-bond donors (Lipinski definition) is 0. The summed E-state index contributed by atoms with van der Waals surface area (Å²) in [5.74, 6) is 2.15. The van der Waals surface area contributed by atoms with Gasteiger partial charge in [-0.1, -0.05) is 54.1 Å². The smallest absolute Gasteiger partial charge is 0.253 e. The van der Waals surface area contributed by atoms with Crippen molar-refractivity contribution in [2.45, 2.75) is 37.8 Å². The summed E-state index contributed by atoms with van der Waals surface area (Å²) in [5, 5.41) is 7.66. The largest absolute Gasteiger partial charge is 0.497 e. The molecule has 2 heterocycles. The molecule has 0 radical (unpaired) electrons. The SMILES string of the molecule is COc1ccc(C2=NN(C(=O)CSc3cn(Cc4cc(C)ccc4C)c4ccccc34)C(c3cccc(OC)c3OC)C2)cc1. The summed E-state index contributed by atoms with van der Waals surface area (Å²) in [6.45, 7) is 5.04. The summed E-state index contributed by atoms with van der Waals surface area (Å²) in [5.41, 5.74) is 7.57. The van der Waals surface area contributed by atoms with Crippen LogP contribution in [0.15, 0.2) is 101 Å². The van der Waals surface area contributed by atoms with E-state index >= 15 is 0 Å². The third-order valence-electron chi connectivity index (χ3n) is 8.33. The van der Waals surface area contributed by atoms with E-state index in [0.29, 0.717) is 17.9 Å². The van der Waals surface area contributed by atoms with E-state index in [1.165, 1.54) is 16.7 Å². The van der Waals surface area contributed by atoms with E-state index < -0.39 is 0 Å². The number of benzene rings is 4. The lowest BCUT2D eigenvalue weighted by molar-refractivity contribution is -0.130. The quantitative estimate of drug-likeness (QED) is 0.149. The minimum atomic E-state index is -0.342. The monoisotopic (exact) mass is 619 g/mol. The summed E-state index contributed by atoms with van der Waals surface area (Å²) >= 11 is 1.55. The molecular weight excluding hydrogens is 582 g/mol. The molecule has 4 aromatic carbocycles. The first-order valence-corrected chi connectivity index (χ1v) is 15.9. The Morgan fingerprint density at radius 2 is 1.71 bits per heavy atom. The number of aromatic nitrogens is 1. The van der Waals surface area contributed by atoms with Gasteiger partial charge in [0, 0.05) is 40.5 Å². The predicted molar refractivity (Wildman–Crippen MR) is 181 cm³/mol. The Balaban J connectivity index is 1.30. The van der Waals surface area contributed by atoms with Crippen LogP contribution >= 0.6 is 11.8 Å². The summed E-state index contributed by atoms with van der Waals surface area (Å²) < 4.78 is 19.0. The second-order valence-corrected chi connectivity index (χ2v) is 12.2. The molecule has 1 aliphatic rings. The highest BCUT2D eigenvalue weighted by Crippen LogP contribution is 2.42. The second-order valence-electron chi connectivity index (χ2n) is 11.2. The van der Waals surface area contributed by atoms with E-state index in [1.807, 2.05) is 48.5 Å². The first-order chi connectivity index (χ1) is 21.9. The summed E-state index contributed by atoms with van der Waals surface area (Å²) in [6, 6.07) is 28.1. The molecule has 1 amide bonds. The number of hydrazone groups is 1. The van der Waals surface area contributed by atoms with Crippen LogP contribution in [0.2, 0.25) is 0 Å². The van der Waals surface area contributed by atoms with Crippen molar-refractivity contribution >= 4 is 34.3 Å². The van der Waals surface area contributed by atoms with E-state index in [4.69, 9.17) is 19.3 Å². The number of nitrogens with zero attached hydrogens (tertiary/aromatic N) is 3. The number of carbonyl (C=O) groups is 1. The molecule has 45 heavy (non-hydrogen) atoms. The number of thioether (sulfide) groups is 1. The van der Waals surface area contributed by atoms with Gasteiger partial charge in [0.25, 0.3) is 5.91 Å². The molecule has 0 spiro atoms.